The van der Waals surface area contributed by atoms with Gasteiger partial charge in [0.05, 0.1) is 13.7 Å². The molecule has 8 nitrogen and oxygen atoms in total. The van der Waals surface area contributed by atoms with E-state index in [1.54, 1.807) is 17.7 Å². The Morgan fingerprint density at radius 1 is 1.21 bits per heavy atom. The number of halogens is 2. The molecule has 28 heavy (non-hydrogen) atoms. The maximum Gasteiger partial charge on any atom is 0.332 e. The van der Waals surface area contributed by atoms with Crippen LogP contribution in [0.5, 0.6) is 5.75 Å². The molecular weight excluding hydrogens is 389 g/mol. The van der Waals surface area contributed by atoms with Gasteiger partial charge in [-0.1, -0.05) is 11.6 Å². The van der Waals surface area contributed by atoms with Crippen LogP contribution in [0.15, 0.2) is 21.7 Å². The molecule has 3 heterocycles. The summed E-state index contributed by atoms with van der Waals surface area (Å²) in [5.41, 5.74) is 0.128. The molecule has 2 aromatic heterocycles. The number of aromatic nitrogens is 4. The predicted molar refractivity (Wildman–Crippen MR) is 104 cm³/mol. The second-order valence-electron chi connectivity index (χ2n) is 6.76. The van der Waals surface area contributed by atoms with Gasteiger partial charge in [-0.2, -0.15) is 4.98 Å². The fourth-order valence-corrected chi connectivity index (χ4v) is 3.83. The number of benzene rings is 1. The Labute approximate surface area is 164 Å². The molecule has 0 spiro atoms. The number of imidazole rings is 1. The summed E-state index contributed by atoms with van der Waals surface area (Å²) in [5.74, 6) is 0.102. The smallest absolute Gasteiger partial charge is 0.332 e. The number of anilines is 1. The normalized spacial score (nSPS) is 13.8. The second-order valence-corrected chi connectivity index (χ2v) is 7.17. The molecule has 0 radical (unpaired) electrons. The molecule has 148 valence electrons. The fourth-order valence-electron chi connectivity index (χ4n) is 3.63. The zero-order chi connectivity index (χ0) is 20.2. The van der Waals surface area contributed by atoms with Crippen LogP contribution in [0, 0.1) is 5.82 Å². The number of hydrogen-bond acceptors (Lipinski definition) is 5. The Hall–Kier alpha value is -2.81. The topological polar surface area (TPSA) is 74.3 Å². The van der Waals surface area contributed by atoms with Gasteiger partial charge in [-0.25, -0.2) is 9.18 Å². The van der Waals surface area contributed by atoms with Crippen molar-refractivity contribution in [3.63, 3.8) is 0 Å². The summed E-state index contributed by atoms with van der Waals surface area (Å²) in [6.45, 7) is 1.37. The van der Waals surface area contributed by atoms with Crippen LogP contribution in [-0.4, -0.2) is 32.3 Å². The number of fused-ring (bicyclic) bond motifs is 3. The Bertz CT molecular complexity index is 1210. The highest BCUT2D eigenvalue weighted by Gasteiger charge is 2.27. The zero-order valence-electron chi connectivity index (χ0n) is 15.7. The SMILES string of the molecule is COc1ccc(Cl)c(CN2CCCn3c2nc2c3c(=O)n(C)c(=O)n2C)c1F. The van der Waals surface area contributed by atoms with Gasteiger partial charge in [0.25, 0.3) is 5.56 Å². The molecule has 0 bridgehead atoms. The maximum atomic E-state index is 14.7. The molecule has 0 saturated carbocycles. The van der Waals surface area contributed by atoms with Gasteiger partial charge in [-0.3, -0.25) is 13.9 Å². The predicted octanol–water partition coefficient (Wildman–Crippen LogP) is 1.65. The first kappa shape index (κ1) is 18.5. The third kappa shape index (κ3) is 2.61. The van der Waals surface area contributed by atoms with Crippen LogP contribution >= 0.6 is 11.6 Å². The fraction of sp³-hybridized carbons (Fsp3) is 0.389. The monoisotopic (exact) mass is 407 g/mol. The number of aryl methyl sites for hydroxylation is 2. The Kier molecular flexibility index (Phi) is 4.41. The minimum atomic E-state index is -0.522. The molecule has 4 rings (SSSR count). The van der Waals surface area contributed by atoms with Crippen molar-refractivity contribution in [1.82, 2.24) is 18.7 Å². The first-order valence-corrected chi connectivity index (χ1v) is 9.15. The van der Waals surface area contributed by atoms with E-state index in [0.717, 1.165) is 11.0 Å². The number of nitrogens with zero attached hydrogens (tertiary/aromatic N) is 5. The van der Waals surface area contributed by atoms with Gasteiger partial charge >= 0.3 is 5.69 Å². The van der Waals surface area contributed by atoms with Gasteiger partial charge in [0.15, 0.2) is 22.7 Å². The van der Waals surface area contributed by atoms with Crippen LogP contribution in [0.3, 0.4) is 0 Å². The lowest BCUT2D eigenvalue weighted by Crippen LogP contribution is -2.38. The number of methoxy groups -OCH3 is 1. The Morgan fingerprint density at radius 3 is 2.68 bits per heavy atom. The highest BCUT2D eigenvalue weighted by molar-refractivity contribution is 6.31. The third-order valence-corrected chi connectivity index (χ3v) is 5.49. The van der Waals surface area contributed by atoms with E-state index in [4.69, 9.17) is 16.3 Å². The molecule has 10 heteroatoms. The minimum Gasteiger partial charge on any atom is -0.494 e. The number of ether oxygens (including phenoxy) is 1. The van der Waals surface area contributed by atoms with E-state index >= 15 is 0 Å². The van der Waals surface area contributed by atoms with Crippen LogP contribution < -0.4 is 20.9 Å². The zero-order valence-corrected chi connectivity index (χ0v) is 16.5. The van der Waals surface area contributed by atoms with E-state index < -0.39 is 17.1 Å². The third-order valence-electron chi connectivity index (χ3n) is 5.14. The molecule has 1 aliphatic heterocycles. The van der Waals surface area contributed by atoms with Crippen molar-refractivity contribution >= 4 is 28.7 Å². The summed E-state index contributed by atoms with van der Waals surface area (Å²) in [4.78, 5) is 31.3. The van der Waals surface area contributed by atoms with Crippen LogP contribution in [-0.2, 0) is 27.2 Å². The van der Waals surface area contributed by atoms with Gasteiger partial charge in [0.1, 0.15) is 0 Å². The van der Waals surface area contributed by atoms with E-state index in [1.165, 1.54) is 24.8 Å². The molecule has 0 atom stereocenters. The van der Waals surface area contributed by atoms with Crippen LogP contribution in [0.1, 0.15) is 12.0 Å². The van der Waals surface area contributed by atoms with E-state index in [9.17, 15) is 14.0 Å². The lowest BCUT2D eigenvalue weighted by atomic mass is 10.1. The summed E-state index contributed by atoms with van der Waals surface area (Å²) < 4.78 is 24.0. The van der Waals surface area contributed by atoms with Crippen molar-refractivity contribution in [1.29, 1.82) is 0 Å². The lowest BCUT2D eigenvalue weighted by Gasteiger charge is -2.29. The van der Waals surface area contributed by atoms with Crippen molar-refractivity contribution < 1.29 is 9.13 Å². The first-order chi connectivity index (χ1) is 13.3. The summed E-state index contributed by atoms with van der Waals surface area (Å²) in [6.07, 6.45) is 0.744. The highest BCUT2D eigenvalue weighted by atomic mass is 35.5. The molecule has 0 fully saturated rings. The van der Waals surface area contributed by atoms with Gasteiger partial charge < -0.3 is 14.2 Å². The minimum absolute atomic E-state index is 0.112. The van der Waals surface area contributed by atoms with Crippen molar-refractivity contribution in [3.05, 3.63) is 49.4 Å². The molecule has 0 unspecified atom stereocenters. The summed E-state index contributed by atoms with van der Waals surface area (Å²) >= 11 is 6.23. The van der Waals surface area contributed by atoms with Crippen molar-refractivity contribution in [2.45, 2.75) is 19.5 Å². The summed E-state index contributed by atoms with van der Waals surface area (Å²) in [5, 5.41) is 0.287. The maximum absolute atomic E-state index is 14.7. The Balaban J connectivity index is 1.87. The van der Waals surface area contributed by atoms with Gasteiger partial charge in [0.2, 0.25) is 5.95 Å². The average Bonchev–Trinajstić information content (AvgIpc) is 3.08. The first-order valence-electron chi connectivity index (χ1n) is 8.77. The molecule has 3 aromatic rings. The molecule has 0 aliphatic carbocycles. The van der Waals surface area contributed by atoms with Crippen LogP contribution in [0.25, 0.3) is 11.2 Å². The van der Waals surface area contributed by atoms with Crippen LogP contribution in [0.2, 0.25) is 5.02 Å². The molecule has 0 N–H and O–H groups in total. The van der Waals surface area contributed by atoms with Crippen molar-refractivity contribution in [3.8, 4) is 5.75 Å². The van der Waals surface area contributed by atoms with E-state index in [2.05, 4.69) is 4.98 Å². The summed E-state index contributed by atoms with van der Waals surface area (Å²) in [6, 6.07) is 3.07. The van der Waals surface area contributed by atoms with Gasteiger partial charge in [0, 0.05) is 37.8 Å². The quantitative estimate of drug-likeness (QED) is 0.660. The molecule has 0 amide bonds. The van der Waals surface area contributed by atoms with Crippen LogP contribution in [0.4, 0.5) is 10.3 Å². The van der Waals surface area contributed by atoms with E-state index in [1.807, 2.05) is 4.90 Å². The number of rotatable bonds is 3. The molecular formula is C18H19ClFN5O3. The standard InChI is InChI=1S/C18H19ClFN5O3/c1-22-15-14(16(26)23(2)18(22)27)25-8-4-7-24(17(25)21-15)9-10-11(19)5-6-12(28-3)13(10)20/h5-6H,4,7-9H2,1-3H3. The number of hydrogen-bond donors (Lipinski definition) is 0. The van der Waals surface area contributed by atoms with Gasteiger partial charge in [-0.05, 0) is 18.6 Å². The molecule has 1 aliphatic rings. The van der Waals surface area contributed by atoms with Crippen molar-refractivity contribution in [2.24, 2.45) is 14.1 Å². The summed E-state index contributed by atoms with van der Waals surface area (Å²) in [7, 11) is 4.41. The van der Waals surface area contributed by atoms with Gasteiger partial charge in [-0.15, -0.1) is 0 Å². The highest BCUT2D eigenvalue weighted by Crippen LogP contribution is 2.31. The van der Waals surface area contributed by atoms with E-state index in [0.29, 0.717) is 35.8 Å². The lowest BCUT2D eigenvalue weighted by molar-refractivity contribution is 0.383. The largest absolute Gasteiger partial charge is 0.494 e. The van der Waals surface area contributed by atoms with Crippen molar-refractivity contribution in [2.75, 3.05) is 18.6 Å². The average molecular weight is 408 g/mol. The molecule has 0 saturated heterocycles. The second kappa shape index (κ2) is 6.66. The Morgan fingerprint density at radius 2 is 1.96 bits per heavy atom. The van der Waals surface area contributed by atoms with E-state index in [-0.39, 0.29) is 17.3 Å². The molecule has 1 aromatic carbocycles.